The van der Waals surface area contributed by atoms with Crippen LogP contribution in [0.5, 0.6) is 0 Å². The molecule has 0 bridgehead atoms. The van der Waals surface area contributed by atoms with E-state index in [1.54, 1.807) is 0 Å². The number of nitrogens with zero attached hydrogens (tertiary/aromatic N) is 6. The van der Waals surface area contributed by atoms with E-state index in [-0.39, 0.29) is 0 Å². The molecule has 4 aliphatic rings. The first-order valence-electron chi connectivity index (χ1n) is 14.6. The maximum atomic E-state index is 5.24. The number of rotatable bonds is 6. The molecule has 0 N–H and O–H groups in total. The maximum absolute atomic E-state index is 5.24. The van der Waals surface area contributed by atoms with E-state index < -0.39 is 0 Å². The van der Waals surface area contributed by atoms with Crippen LogP contribution in [0.25, 0.3) is 0 Å². The molecule has 1 spiro atoms. The van der Waals surface area contributed by atoms with E-state index in [0.29, 0.717) is 35.3 Å². The number of aromatic nitrogens is 2. The van der Waals surface area contributed by atoms with Gasteiger partial charge in [-0.1, -0.05) is 26.8 Å². The van der Waals surface area contributed by atoms with Crippen LogP contribution in [-0.2, 0) is 0 Å². The van der Waals surface area contributed by atoms with E-state index in [1.165, 1.54) is 60.9 Å². The summed E-state index contributed by atoms with van der Waals surface area (Å²) < 4.78 is 0. The summed E-state index contributed by atoms with van der Waals surface area (Å²) in [5.74, 6) is 4.64. The second-order valence-electron chi connectivity index (χ2n) is 13.1. The van der Waals surface area contributed by atoms with Gasteiger partial charge in [-0.3, -0.25) is 4.90 Å². The summed E-state index contributed by atoms with van der Waals surface area (Å²) in [6, 6.07) is 11.9. The molecule has 4 aliphatic heterocycles. The van der Waals surface area contributed by atoms with Crippen molar-refractivity contribution in [2.45, 2.75) is 70.4 Å². The molecule has 6 nitrogen and oxygen atoms in total. The summed E-state index contributed by atoms with van der Waals surface area (Å²) in [5.41, 5.74) is 4.20. The average Bonchev–Trinajstić information content (AvgIpc) is 3.58. The van der Waals surface area contributed by atoms with Crippen LogP contribution in [0.4, 0.5) is 11.6 Å². The molecule has 6 rings (SSSR count). The van der Waals surface area contributed by atoms with Gasteiger partial charge in [-0.05, 0) is 93.8 Å². The van der Waals surface area contributed by atoms with Crippen LogP contribution in [0.3, 0.4) is 0 Å². The Bertz CT molecular complexity index is 1130. The smallest absolute Gasteiger partial charge is 0.129 e. The lowest BCUT2D eigenvalue weighted by atomic mass is 9.84. The molecule has 0 radical (unpaired) electrons. The van der Waals surface area contributed by atoms with Gasteiger partial charge in [0.1, 0.15) is 11.6 Å². The minimum absolute atomic E-state index is 0.402. The van der Waals surface area contributed by atoms with Crippen molar-refractivity contribution in [1.29, 1.82) is 0 Å². The van der Waals surface area contributed by atoms with Crippen molar-refractivity contribution in [2.75, 3.05) is 63.2 Å². The molecule has 0 saturated carbocycles. The molecule has 6 heteroatoms. The van der Waals surface area contributed by atoms with E-state index in [4.69, 9.17) is 9.97 Å². The van der Waals surface area contributed by atoms with Gasteiger partial charge < -0.3 is 14.7 Å². The SMILES string of the molecule is Cc1cc(C(C)C)nc(N2CC(CC(C)c3cccc(N4CCC5(CCN5C)C4)n3)C3CN(C)CC32)c1. The van der Waals surface area contributed by atoms with Crippen LogP contribution in [0.15, 0.2) is 30.3 Å². The predicted octanol–water partition coefficient (Wildman–Crippen LogP) is 4.75. The highest BCUT2D eigenvalue weighted by Crippen LogP contribution is 2.43. The number of fused-ring (bicyclic) bond motifs is 1. The number of likely N-dealkylation sites (N-methyl/N-ethyl adjacent to an activating group) is 2. The monoisotopic (exact) mass is 502 g/mol. The molecule has 5 unspecified atom stereocenters. The van der Waals surface area contributed by atoms with Crippen LogP contribution < -0.4 is 9.80 Å². The number of hydrogen-bond donors (Lipinski definition) is 0. The third-order valence-electron chi connectivity index (χ3n) is 10.1. The van der Waals surface area contributed by atoms with Crippen molar-refractivity contribution in [3.63, 3.8) is 0 Å². The highest BCUT2D eigenvalue weighted by Gasteiger charge is 2.48. The summed E-state index contributed by atoms with van der Waals surface area (Å²) in [6.07, 6.45) is 3.79. The molecule has 4 saturated heterocycles. The lowest BCUT2D eigenvalue weighted by molar-refractivity contribution is 0.0307. The first-order chi connectivity index (χ1) is 17.7. The van der Waals surface area contributed by atoms with Gasteiger partial charge in [0, 0.05) is 62.2 Å². The fraction of sp³-hybridized carbons (Fsp3) is 0.677. The summed E-state index contributed by atoms with van der Waals surface area (Å²) in [6.45, 7) is 16.1. The first-order valence-corrected chi connectivity index (χ1v) is 14.6. The summed E-state index contributed by atoms with van der Waals surface area (Å²) in [5, 5.41) is 0. The zero-order chi connectivity index (χ0) is 25.9. The molecule has 6 heterocycles. The van der Waals surface area contributed by atoms with Gasteiger partial charge in [-0.2, -0.15) is 0 Å². The maximum Gasteiger partial charge on any atom is 0.129 e. The zero-order valence-electron chi connectivity index (χ0n) is 23.8. The van der Waals surface area contributed by atoms with Gasteiger partial charge in [0.2, 0.25) is 0 Å². The van der Waals surface area contributed by atoms with E-state index >= 15 is 0 Å². The average molecular weight is 503 g/mol. The van der Waals surface area contributed by atoms with Gasteiger partial charge in [0.05, 0.1) is 0 Å². The van der Waals surface area contributed by atoms with Gasteiger partial charge in [0.25, 0.3) is 0 Å². The Morgan fingerprint density at radius 2 is 1.73 bits per heavy atom. The normalized spacial score (nSPS) is 30.9. The zero-order valence-corrected chi connectivity index (χ0v) is 23.8. The first kappa shape index (κ1) is 25.1. The molecular weight excluding hydrogens is 456 g/mol. The second-order valence-corrected chi connectivity index (χ2v) is 13.1. The lowest BCUT2D eigenvalue weighted by Gasteiger charge is -2.48. The minimum Gasteiger partial charge on any atom is -0.355 e. The molecule has 37 heavy (non-hydrogen) atoms. The molecule has 0 aliphatic carbocycles. The van der Waals surface area contributed by atoms with Gasteiger partial charge in [-0.25, -0.2) is 9.97 Å². The summed E-state index contributed by atoms with van der Waals surface area (Å²) in [7, 11) is 4.57. The Hall–Kier alpha value is -2.18. The van der Waals surface area contributed by atoms with E-state index in [9.17, 15) is 0 Å². The van der Waals surface area contributed by atoms with Crippen molar-refractivity contribution in [3.8, 4) is 0 Å². The molecule has 2 aromatic heterocycles. The van der Waals surface area contributed by atoms with Crippen molar-refractivity contribution in [1.82, 2.24) is 19.8 Å². The number of anilines is 2. The Balaban J connectivity index is 1.18. The Morgan fingerprint density at radius 3 is 2.43 bits per heavy atom. The van der Waals surface area contributed by atoms with Crippen molar-refractivity contribution >= 4 is 11.6 Å². The minimum atomic E-state index is 0.402. The molecule has 5 atom stereocenters. The Morgan fingerprint density at radius 1 is 0.946 bits per heavy atom. The van der Waals surface area contributed by atoms with Crippen LogP contribution in [0, 0.1) is 18.8 Å². The standard InChI is InChI=1S/C31H46N6/c1-21(2)27-14-22(3)15-30(33-27)37-17-24(25-18-34(5)19-28(25)37)16-23(4)26-8-7-9-29(32-26)36-13-11-31(20-36)10-12-35(31)6/h7-9,14-15,21,23-25,28H,10-13,16-20H2,1-6H3. The number of hydrogen-bond acceptors (Lipinski definition) is 6. The van der Waals surface area contributed by atoms with Gasteiger partial charge in [-0.15, -0.1) is 0 Å². The van der Waals surface area contributed by atoms with Crippen molar-refractivity contribution in [2.24, 2.45) is 11.8 Å². The highest BCUT2D eigenvalue weighted by atomic mass is 15.3. The molecule has 0 amide bonds. The van der Waals surface area contributed by atoms with Gasteiger partial charge in [0.15, 0.2) is 0 Å². The molecule has 2 aromatic rings. The quantitative estimate of drug-likeness (QED) is 0.568. The van der Waals surface area contributed by atoms with Crippen LogP contribution in [0.1, 0.15) is 68.8 Å². The van der Waals surface area contributed by atoms with Crippen molar-refractivity contribution in [3.05, 3.63) is 47.3 Å². The lowest BCUT2D eigenvalue weighted by Crippen LogP contribution is -2.59. The second kappa shape index (κ2) is 9.53. The number of aryl methyl sites for hydroxylation is 1. The van der Waals surface area contributed by atoms with E-state index in [0.717, 1.165) is 26.2 Å². The largest absolute Gasteiger partial charge is 0.355 e. The van der Waals surface area contributed by atoms with Crippen LogP contribution >= 0.6 is 0 Å². The highest BCUT2D eigenvalue weighted by molar-refractivity contribution is 5.47. The third-order valence-corrected chi connectivity index (χ3v) is 10.1. The Labute approximate surface area is 224 Å². The molecular formula is C31H46N6. The molecule has 200 valence electrons. The number of pyridine rings is 2. The summed E-state index contributed by atoms with van der Waals surface area (Å²) >= 11 is 0. The number of likely N-dealkylation sites (tertiary alicyclic amines) is 2. The Kier molecular flexibility index (Phi) is 6.47. The predicted molar refractivity (Wildman–Crippen MR) is 153 cm³/mol. The van der Waals surface area contributed by atoms with E-state index in [2.05, 4.69) is 91.7 Å². The van der Waals surface area contributed by atoms with Gasteiger partial charge >= 0.3 is 0 Å². The fourth-order valence-corrected chi connectivity index (χ4v) is 7.64. The fourth-order valence-electron chi connectivity index (χ4n) is 7.64. The van der Waals surface area contributed by atoms with Crippen molar-refractivity contribution < 1.29 is 0 Å². The van der Waals surface area contributed by atoms with E-state index in [1.807, 2.05) is 0 Å². The topological polar surface area (TPSA) is 38.7 Å². The molecule has 4 fully saturated rings. The van der Waals surface area contributed by atoms with Crippen LogP contribution in [0.2, 0.25) is 0 Å². The third kappa shape index (κ3) is 4.54. The summed E-state index contributed by atoms with van der Waals surface area (Å²) in [4.78, 5) is 20.6. The van der Waals surface area contributed by atoms with Crippen LogP contribution in [-0.4, -0.2) is 84.7 Å². The molecule has 0 aromatic carbocycles.